The second-order valence-electron chi connectivity index (χ2n) is 3.83. The van der Waals surface area contributed by atoms with Gasteiger partial charge in [-0.2, -0.15) is 0 Å². The van der Waals surface area contributed by atoms with Crippen molar-refractivity contribution in [3.63, 3.8) is 0 Å². The smallest absolute Gasteiger partial charge is 0.233 e. The third-order valence-corrected chi connectivity index (χ3v) is 2.75. The van der Waals surface area contributed by atoms with Crippen LogP contribution >= 0.6 is 23.2 Å². The van der Waals surface area contributed by atoms with Crippen LogP contribution in [0.2, 0.25) is 10.0 Å². The fourth-order valence-corrected chi connectivity index (χ4v) is 1.94. The number of nitrogens with two attached hydrogens (primary N) is 1. The van der Waals surface area contributed by atoms with Gasteiger partial charge in [-0.3, -0.25) is 10.2 Å². The van der Waals surface area contributed by atoms with E-state index in [1.165, 1.54) is 0 Å². The summed E-state index contributed by atoms with van der Waals surface area (Å²) in [4.78, 5) is 10.8. The number of hydrogen-bond donors (Lipinski definition) is 2. The van der Waals surface area contributed by atoms with Crippen molar-refractivity contribution < 1.29 is 9.53 Å². The van der Waals surface area contributed by atoms with Crippen LogP contribution in [-0.4, -0.2) is 12.5 Å². The van der Waals surface area contributed by atoms with Crippen LogP contribution in [0.5, 0.6) is 5.75 Å². The van der Waals surface area contributed by atoms with Gasteiger partial charge in [-0.05, 0) is 37.5 Å². The Morgan fingerprint density at radius 3 is 2.44 bits per heavy atom. The van der Waals surface area contributed by atoms with Crippen LogP contribution in [0.25, 0.3) is 0 Å². The first kappa shape index (κ1) is 15.1. The van der Waals surface area contributed by atoms with E-state index in [2.05, 4.69) is 5.43 Å². The highest BCUT2D eigenvalue weighted by atomic mass is 35.5. The molecule has 0 saturated carbocycles. The van der Waals surface area contributed by atoms with Crippen LogP contribution in [-0.2, 0) is 4.79 Å². The van der Waals surface area contributed by atoms with Gasteiger partial charge >= 0.3 is 0 Å². The Bertz CT molecular complexity index is 379. The van der Waals surface area contributed by atoms with Crippen LogP contribution in [0.4, 0.5) is 0 Å². The van der Waals surface area contributed by atoms with E-state index in [1.807, 2.05) is 0 Å². The third-order valence-electron chi connectivity index (χ3n) is 2.31. The molecule has 0 aliphatic heterocycles. The Kier molecular flexibility index (Phi) is 6.86. The summed E-state index contributed by atoms with van der Waals surface area (Å²) in [6.07, 6.45) is 3.01. The zero-order valence-electron chi connectivity index (χ0n) is 9.92. The highest BCUT2D eigenvalue weighted by molar-refractivity contribution is 6.34. The molecule has 1 aromatic carbocycles. The van der Waals surface area contributed by atoms with Crippen molar-refractivity contribution in [2.45, 2.75) is 25.7 Å². The summed E-state index contributed by atoms with van der Waals surface area (Å²) in [6.45, 7) is 0.570. The van der Waals surface area contributed by atoms with Crippen molar-refractivity contribution in [2.75, 3.05) is 6.61 Å². The maximum absolute atomic E-state index is 10.8. The minimum atomic E-state index is -0.141. The predicted molar refractivity (Wildman–Crippen MR) is 72.8 cm³/mol. The number of unbranched alkanes of at least 4 members (excludes halogenated alkanes) is 2. The third kappa shape index (κ3) is 6.10. The molecule has 6 heteroatoms. The monoisotopic (exact) mass is 290 g/mol. The van der Waals surface area contributed by atoms with Crippen LogP contribution in [0.15, 0.2) is 18.2 Å². The molecule has 18 heavy (non-hydrogen) atoms. The van der Waals surface area contributed by atoms with Gasteiger partial charge in [0.2, 0.25) is 5.91 Å². The van der Waals surface area contributed by atoms with Crippen molar-refractivity contribution in [3.8, 4) is 5.75 Å². The number of carbonyl (C=O) groups is 1. The van der Waals surface area contributed by atoms with Gasteiger partial charge in [0.1, 0.15) is 5.75 Å². The summed E-state index contributed by atoms with van der Waals surface area (Å²) in [7, 11) is 0. The number of nitrogens with one attached hydrogen (secondary N) is 1. The first-order chi connectivity index (χ1) is 8.61. The van der Waals surface area contributed by atoms with Gasteiger partial charge in [-0.15, -0.1) is 0 Å². The van der Waals surface area contributed by atoms with Gasteiger partial charge in [0.25, 0.3) is 0 Å². The lowest BCUT2D eigenvalue weighted by Crippen LogP contribution is -2.29. The molecule has 1 amide bonds. The molecular weight excluding hydrogens is 275 g/mol. The van der Waals surface area contributed by atoms with Gasteiger partial charge < -0.3 is 4.74 Å². The van der Waals surface area contributed by atoms with Gasteiger partial charge in [-0.25, -0.2) is 5.84 Å². The summed E-state index contributed by atoms with van der Waals surface area (Å²) in [5.41, 5.74) is 2.09. The van der Waals surface area contributed by atoms with E-state index in [4.69, 9.17) is 33.8 Å². The molecule has 0 unspecified atom stereocenters. The highest BCUT2D eigenvalue weighted by Gasteiger charge is 2.00. The van der Waals surface area contributed by atoms with Gasteiger partial charge in [-0.1, -0.05) is 23.2 Å². The average Bonchev–Trinajstić information content (AvgIpc) is 2.32. The molecule has 100 valence electrons. The molecular formula is C12H16Cl2N2O2. The molecule has 0 saturated heterocycles. The zero-order chi connectivity index (χ0) is 13.4. The van der Waals surface area contributed by atoms with Crippen molar-refractivity contribution in [1.29, 1.82) is 0 Å². The fraction of sp³-hybridized carbons (Fsp3) is 0.417. The number of hydrazine groups is 1. The van der Waals surface area contributed by atoms with E-state index in [0.717, 1.165) is 19.3 Å². The second-order valence-corrected chi connectivity index (χ2v) is 4.70. The molecule has 3 N–H and O–H groups in total. The van der Waals surface area contributed by atoms with Gasteiger partial charge in [0.15, 0.2) is 0 Å². The number of ether oxygens (including phenoxy) is 1. The summed E-state index contributed by atoms with van der Waals surface area (Å²) in [5.74, 6) is 5.49. The van der Waals surface area contributed by atoms with Crippen LogP contribution < -0.4 is 16.0 Å². The Morgan fingerprint density at radius 2 is 1.83 bits per heavy atom. The molecule has 0 fully saturated rings. The molecule has 0 aliphatic carbocycles. The van der Waals surface area contributed by atoms with E-state index in [9.17, 15) is 4.79 Å². The van der Waals surface area contributed by atoms with Crippen molar-refractivity contribution in [3.05, 3.63) is 28.2 Å². The zero-order valence-corrected chi connectivity index (χ0v) is 11.4. The number of carbonyl (C=O) groups excluding carboxylic acids is 1. The molecule has 1 aromatic rings. The maximum Gasteiger partial charge on any atom is 0.233 e. The first-order valence-electron chi connectivity index (χ1n) is 5.70. The molecule has 0 heterocycles. The summed E-state index contributed by atoms with van der Waals surface area (Å²) < 4.78 is 5.51. The minimum absolute atomic E-state index is 0.141. The first-order valence-corrected chi connectivity index (χ1v) is 6.46. The predicted octanol–water partition coefficient (Wildman–Crippen LogP) is 2.92. The minimum Gasteiger partial charge on any atom is -0.493 e. The van der Waals surface area contributed by atoms with E-state index in [-0.39, 0.29) is 5.91 Å². The molecule has 0 aliphatic rings. The molecule has 4 nitrogen and oxygen atoms in total. The fourth-order valence-electron chi connectivity index (χ4n) is 1.44. The number of hydrogen-bond acceptors (Lipinski definition) is 3. The number of amides is 1. The summed E-state index contributed by atoms with van der Waals surface area (Å²) >= 11 is 11.7. The van der Waals surface area contributed by atoms with E-state index in [0.29, 0.717) is 28.8 Å². The quantitative estimate of drug-likeness (QED) is 0.351. The maximum atomic E-state index is 10.8. The Hall–Kier alpha value is -0.970. The van der Waals surface area contributed by atoms with Crippen LogP contribution in [0.1, 0.15) is 25.7 Å². The van der Waals surface area contributed by atoms with Crippen molar-refractivity contribution >= 4 is 29.1 Å². The molecule has 0 spiro atoms. The molecule has 0 bridgehead atoms. The van der Waals surface area contributed by atoms with Gasteiger partial charge in [0.05, 0.1) is 6.61 Å². The number of benzene rings is 1. The lowest BCUT2D eigenvalue weighted by molar-refractivity contribution is -0.121. The van der Waals surface area contributed by atoms with Gasteiger partial charge in [0, 0.05) is 16.5 Å². The van der Waals surface area contributed by atoms with Crippen LogP contribution in [0, 0.1) is 0 Å². The Balaban J connectivity index is 2.16. The van der Waals surface area contributed by atoms with E-state index in [1.54, 1.807) is 18.2 Å². The Labute approximate surface area is 116 Å². The molecule has 0 radical (unpaired) electrons. The topological polar surface area (TPSA) is 64.3 Å². The molecule has 1 rings (SSSR count). The number of rotatable bonds is 7. The van der Waals surface area contributed by atoms with Crippen molar-refractivity contribution in [1.82, 2.24) is 5.43 Å². The second kappa shape index (κ2) is 8.19. The highest BCUT2D eigenvalue weighted by Crippen LogP contribution is 2.24. The Morgan fingerprint density at radius 1 is 1.17 bits per heavy atom. The van der Waals surface area contributed by atoms with E-state index < -0.39 is 0 Å². The van der Waals surface area contributed by atoms with E-state index >= 15 is 0 Å². The summed E-state index contributed by atoms with van der Waals surface area (Å²) in [5, 5.41) is 1.11. The lowest BCUT2D eigenvalue weighted by Gasteiger charge is -2.07. The van der Waals surface area contributed by atoms with Crippen molar-refractivity contribution in [2.24, 2.45) is 5.84 Å². The summed E-state index contributed by atoms with van der Waals surface area (Å²) in [6, 6.07) is 5.09. The largest absolute Gasteiger partial charge is 0.493 e. The average molecular weight is 291 g/mol. The molecule has 0 aromatic heterocycles. The normalized spacial score (nSPS) is 10.2. The molecule has 0 atom stereocenters. The SMILES string of the molecule is NNC(=O)CCCCCOc1cc(Cl)cc(Cl)c1. The lowest BCUT2D eigenvalue weighted by atomic mass is 10.2. The number of halogens is 2. The van der Waals surface area contributed by atoms with Crippen LogP contribution in [0.3, 0.4) is 0 Å². The standard InChI is InChI=1S/C12H16Cl2N2O2/c13-9-6-10(14)8-11(7-9)18-5-3-1-2-4-12(17)16-15/h6-8H,1-5,15H2,(H,16,17).